The molecule has 19 heavy (non-hydrogen) atoms. The number of hydrogen-bond donors (Lipinski definition) is 0. The summed E-state index contributed by atoms with van der Waals surface area (Å²) in [6.45, 7) is 0.174. The first-order valence-corrected chi connectivity index (χ1v) is 6.83. The van der Waals surface area contributed by atoms with Gasteiger partial charge in [0.2, 0.25) is 0 Å². The van der Waals surface area contributed by atoms with E-state index in [9.17, 15) is 9.59 Å². The van der Waals surface area contributed by atoms with Crippen LogP contribution in [0.2, 0.25) is 0 Å². The highest BCUT2D eigenvalue weighted by atomic mass is 35.5. The molecule has 2 saturated carbocycles. The fourth-order valence-electron chi connectivity index (χ4n) is 2.16. The van der Waals surface area contributed by atoms with Crippen LogP contribution in [-0.2, 0) is 6.54 Å². The molecule has 1 atom stereocenters. The van der Waals surface area contributed by atoms with Crippen LogP contribution in [0.3, 0.4) is 0 Å². The summed E-state index contributed by atoms with van der Waals surface area (Å²) < 4.78 is 1.72. The number of halogens is 2. The molecule has 3 rings (SSSR count). The minimum absolute atomic E-state index is 0.0121. The average molecular weight is 300 g/mol. The lowest BCUT2D eigenvalue weighted by Gasteiger charge is -2.10. The zero-order valence-corrected chi connectivity index (χ0v) is 11.5. The van der Waals surface area contributed by atoms with Crippen LogP contribution in [0.15, 0.2) is 15.8 Å². The molecule has 0 spiro atoms. The maximum Gasteiger partial charge on any atom is 0.331 e. The lowest BCUT2D eigenvalue weighted by atomic mass is 10.3. The van der Waals surface area contributed by atoms with Crippen molar-refractivity contribution in [3.8, 4) is 6.07 Å². The van der Waals surface area contributed by atoms with E-state index in [1.807, 2.05) is 6.07 Å². The highest BCUT2D eigenvalue weighted by molar-refractivity contribution is 6.50. The molecule has 1 aromatic rings. The maximum atomic E-state index is 12.2. The molecule has 7 heteroatoms. The van der Waals surface area contributed by atoms with Crippen molar-refractivity contribution in [3.05, 3.63) is 32.6 Å². The quantitative estimate of drug-likeness (QED) is 0.793. The Hall–Kier alpha value is -1.25. The van der Waals surface area contributed by atoms with Crippen LogP contribution in [0.4, 0.5) is 0 Å². The van der Waals surface area contributed by atoms with Gasteiger partial charge in [0.25, 0.3) is 5.56 Å². The molecule has 2 aliphatic rings. The monoisotopic (exact) mass is 299 g/mol. The predicted molar refractivity (Wildman–Crippen MR) is 70.5 cm³/mol. The van der Waals surface area contributed by atoms with E-state index in [0.717, 1.165) is 17.4 Å². The zero-order chi connectivity index (χ0) is 13.8. The second-order valence-corrected chi connectivity index (χ2v) is 6.70. The standard InChI is InChI=1S/C12H11Cl2N3O2/c13-12(14)3-8(12)6-17-10(18)7(4-15)5-16(11(17)19)9-1-2-9/h5,8-9H,1-3,6H2/t8-/m0/s1. The Kier molecular flexibility index (Phi) is 2.77. The fourth-order valence-corrected chi connectivity index (χ4v) is 2.67. The van der Waals surface area contributed by atoms with E-state index in [2.05, 4.69) is 0 Å². The Morgan fingerprint density at radius 2 is 2.05 bits per heavy atom. The second kappa shape index (κ2) is 4.12. The SMILES string of the molecule is N#Cc1cn(C2CC2)c(=O)n(C[C@@H]2CC2(Cl)Cl)c1=O. The molecule has 2 aliphatic carbocycles. The van der Waals surface area contributed by atoms with Gasteiger partial charge in [-0.3, -0.25) is 13.9 Å². The van der Waals surface area contributed by atoms with Crippen LogP contribution in [0.25, 0.3) is 0 Å². The Morgan fingerprint density at radius 3 is 2.53 bits per heavy atom. The van der Waals surface area contributed by atoms with Gasteiger partial charge in [0, 0.05) is 24.7 Å². The molecule has 0 bridgehead atoms. The molecule has 0 N–H and O–H groups in total. The third-order valence-electron chi connectivity index (χ3n) is 3.61. The second-order valence-electron chi connectivity index (χ2n) is 5.15. The summed E-state index contributed by atoms with van der Waals surface area (Å²) in [5, 5.41) is 8.98. The number of aromatic nitrogens is 2. The Labute approximate surface area is 119 Å². The largest absolute Gasteiger partial charge is 0.331 e. The molecule has 0 amide bonds. The lowest BCUT2D eigenvalue weighted by Crippen LogP contribution is -2.41. The van der Waals surface area contributed by atoms with Crippen molar-refractivity contribution in [3.63, 3.8) is 0 Å². The van der Waals surface area contributed by atoms with Gasteiger partial charge < -0.3 is 0 Å². The fraction of sp³-hybridized carbons (Fsp3) is 0.583. The van der Waals surface area contributed by atoms with E-state index in [-0.39, 0.29) is 29.8 Å². The van der Waals surface area contributed by atoms with Crippen molar-refractivity contribution in [2.75, 3.05) is 0 Å². The molecule has 2 fully saturated rings. The van der Waals surface area contributed by atoms with Crippen molar-refractivity contribution in [1.29, 1.82) is 5.26 Å². The van der Waals surface area contributed by atoms with E-state index in [4.69, 9.17) is 28.5 Å². The molecular weight excluding hydrogens is 289 g/mol. The van der Waals surface area contributed by atoms with E-state index in [1.165, 1.54) is 10.8 Å². The molecule has 0 aliphatic heterocycles. The molecule has 100 valence electrons. The van der Waals surface area contributed by atoms with E-state index in [0.29, 0.717) is 6.42 Å². The van der Waals surface area contributed by atoms with Crippen LogP contribution in [-0.4, -0.2) is 13.5 Å². The molecule has 5 nitrogen and oxygen atoms in total. The molecule has 1 heterocycles. The third kappa shape index (κ3) is 2.19. The summed E-state index contributed by atoms with van der Waals surface area (Å²) in [6, 6.07) is 1.95. The number of nitriles is 1. The summed E-state index contributed by atoms with van der Waals surface area (Å²) in [7, 11) is 0. The van der Waals surface area contributed by atoms with Gasteiger partial charge in [0.1, 0.15) is 16.0 Å². The number of hydrogen-bond acceptors (Lipinski definition) is 3. The van der Waals surface area contributed by atoms with Gasteiger partial charge in [-0.2, -0.15) is 5.26 Å². The van der Waals surface area contributed by atoms with E-state index in [1.54, 1.807) is 0 Å². The summed E-state index contributed by atoms with van der Waals surface area (Å²) in [4.78, 5) is 24.3. The van der Waals surface area contributed by atoms with Gasteiger partial charge in [-0.1, -0.05) is 0 Å². The lowest BCUT2D eigenvalue weighted by molar-refractivity contribution is 0.524. The Morgan fingerprint density at radius 1 is 1.42 bits per heavy atom. The smallest absolute Gasteiger partial charge is 0.296 e. The third-order valence-corrected chi connectivity index (χ3v) is 4.54. The van der Waals surface area contributed by atoms with Crippen LogP contribution in [0.1, 0.15) is 30.9 Å². The summed E-state index contributed by atoms with van der Waals surface area (Å²) in [5.74, 6) is -0.108. The first-order valence-electron chi connectivity index (χ1n) is 6.08. The highest BCUT2D eigenvalue weighted by Crippen LogP contribution is 2.53. The molecule has 1 aromatic heterocycles. The minimum Gasteiger partial charge on any atom is -0.296 e. The van der Waals surface area contributed by atoms with Crippen LogP contribution in [0.5, 0.6) is 0 Å². The van der Waals surface area contributed by atoms with E-state index >= 15 is 0 Å². The van der Waals surface area contributed by atoms with Crippen molar-refractivity contribution in [2.45, 2.75) is 36.2 Å². The van der Waals surface area contributed by atoms with Gasteiger partial charge >= 0.3 is 5.69 Å². The van der Waals surface area contributed by atoms with Crippen LogP contribution in [0, 0.1) is 17.2 Å². The highest BCUT2D eigenvalue weighted by Gasteiger charge is 2.52. The Balaban J connectivity index is 2.07. The van der Waals surface area contributed by atoms with Crippen molar-refractivity contribution in [2.24, 2.45) is 5.92 Å². The van der Waals surface area contributed by atoms with Gasteiger partial charge in [0.05, 0.1) is 0 Å². The Bertz CT molecular complexity index is 694. The van der Waals surface area contributed by atoms with E-state index < -0.39 is 9.89 Å². The zero-order valence-electron chi connectivity index (χ0n) is 9.97. The van der Waals surface area contributed by atoms with Gasteiger partial charge in [0.15, 0.2) is 0 Å². The van der Waals surface area contributed by atoms with Gasteiger partial charge in [-0.05, 0) is 19.3 Å². The summed E-state index contributed by atoms with van der Waals surface area (Å²) >= 11 is 11.9. The molecule has 0 aromatic carbocycles. The molecule has 0 unspecified atom stereocenters. The first kappa shape index (κ1) is 12.8. The predicted octanol–water partition coefficient (Wildman–Crippen LogP) is 1.41. The number of rotatable bonds is 3. The average Bonchev–Trinajstić information content (AvgIpc) is 3.24. The normalized spacial score (nSPS) is 23.9. The van der Waals surface area contributed by atoms with Crippen molar-refractivity contribution in [1.82, 2.24) is 9.13 Å². The minimum atomic E-state index is -0.848. The molecular formula is C12H11Cl2N3O2. The van der Waals surface area contributed by atoms with Crippen LogP contribution < -0.4 is 11.2 Å². The summed E-state index contributed by atoms with van der Waals surface area (Å²) in [6.07, 6.45) is 3.73. The summed E-state index contributed by atoms with van der Waals surface area (Å²) in [5.41, 5.74) is -0.940. The number of alkyl halides is 2. The van der Waals surface area contributed by atoms with Gasteiger partial charge in [-0.15, -0.1) is 23.2 Å². The van der Waals surface area contributed by atoms with Crippen molar-refractivity contribution < 1.29 is 0 Å². The molecule has 0 radical (unpaired) electrons. The molecule has 0 saturated heterocycles. The van der Waals surface area contributed by atoms with Gasteiger partial charge in [-0.25, -0.2) is 4.79 Å². The maximum absolute atomic E-state index is 12.2. The van der Waals surface area contributed by atoms with Crippen LogP contribution >= 0.6 is 23.2 Å². The first-order chi connectivity index (χ1) is 8.94. The van der Waals surface area contributed by atoms with Crippen molar-refractivity contribution >= 4 is 23.2 Å². The number of nitrogens with zero attached hydrogens (tertiary/aromatic N) is 3. The topological polar surface area (TPSA) is 67.8 Å².